The summed E-state index contributed by atoms with van der Waals surface area (Å²) in [4.78, 5) is 28.8. The van der Waals surface area contributed by atoms with Gasteiger partial charge in [0.1, 0.15) is 10.7 Å². The van der Waals surface area contributed by atoms with E-state index in [1.807, 2.05) is 85.9 Å². The lowest BCUT2D eigenvalue weighted by Gasteiger charge is -2.17. The van der Waals surface area contributed by atoms with E-state index in [1.54, 1.807) is 30.0 Å². The second-order valence-electron chi connectivity index (χ2n) is 7.95. The Morgan fingerprint density at radius 2 is 1.80 bits per heavy atom. The molecule has 8 heteroatoms. The Hall–Kier alpha value is -3.75. The number of carbonyl (C=O) groups excluding carboxylic acids is 1. The van der Waals surface area contributed by atoms with Crippen LogP contribution in [0.3, 0.4) is 0 Å². The van der Waals surface area contributed by atoms with Crippen LogP contribution < -0.4 is 14.5 Å². The molecule has 2 aliphatic heterocycles. The maximum Gasteiger partial charge on any atom is 0.274 e. The first-order valence-electron chi connectivity index (χ1n) is 11.0. The smallest absolute Gasteiger partial charge is 0.274 e. The topological polar surface area (TPSA) is 58.0 Å². The summed E-state index contributed by atoms with van der Waals surface area (Å²) in [6.07, 6.45) is 1.77. The number of carbonyl (C=O) groups is 1. The van der Waals surface area contributed by atoms with E-state index >= 15 is 0 Å². The molecule has 0 spiro atoms. The van der Waals surface area contributed by atoms with Crippen LogP contribution in [0.1, 0.15) is 0 Å². The van der Waals surface area contributed by atoms with E-state index < -0.39 is 0 Å². The molecule has 6 nitrogen and oxygen atoms in total. The SMILES string of the molecule is COc1ccc2c(c1)N(C)/C(=C1/SC(=Nc3cccc4ncccc34)N(c3ccccc3)C1=O)S2. The lowest BCUT2D eigenvalue weighted by atomic mass is 10.2. The standard InChI is InChI=1S/C27H20N4O2S2/c1-30-22-16-18(33-2)13-14-23(22)34-26(30)24-25(32)31(17-8-4-3-5-9-17)27(35-24)29-21-12-6-11-20-19(21)10-7-15-28-20/h3-16H,1-2H3/b26-24-,29-27?. The molecule has 6 rings (SSSR count). The minimum Gasteiger partial charge on any atom is -0.497 e. The van der Waals surface area contributed by atoms with Gasteiger partial charge in [-0.3, -0.25) is 14.7 Å². The van der Waals surface area contributed by atoms with Crippen LogP contribution in [0.15, 0.2) is 105 Å². The molecule has 1 fully saturated rings. The van der Waals surface area contributed by atoms with Gasteiger partial charge in [-0.1, -0.05) is 36.0 Å². The number of pyridine rings is 1. The number of methoxy groups -OCH3 is 1. The number of rotatable bonds is 3. The summed E-state index contributed by atoms with van der Waals surface area (Å²) in [6, 6.07) is 25.4. The zero-order chi connectivity index (χ0) is 23.9. The van der Waals surface area contributed by atoms with Gasteiger partial charge in [-0.15, -0.1) is 0 Å². The minimum atomic E-state index is -0.0903. The van der Waals surface area contributed by atoms with Crippen molar-refractivity contribution in [3.05, 3.63) is 95.0 Å². The molecular formula is C27H20N4O2S2. The number of ether oxygens (including phenoxy) is 1. The lowest BCUT2D eigenvalue weighted by molar-refractivity contribution is -0.113. The van der Waals surface area contributed by atoms with E-state index in [-0.39, 0.29) is 5.91 Å². The Morgan fingerprint density at radius 1 is 0.943 bits per heavy atom. The molecule has 3 aromatic carbocycles. The predicted molar refractivity (Wildman–Crippen MR) is 145 cm³/mol. The number of fused-ring (bicyclic) bond motifs is 2. The quantitative estimate of drug-likeness (QED) is 0.305. The molecule has 0 bridgehead atoms. The largest absolute Gasteiger partial charge is 0.497 e. The first-order chi connectivity index (χ1) is 17.1. The number of thioether (sulfide) groups is 2. The lowest BCUT2D eigenvalue weighted by Crippen LogP contribution is -2.29. The Kier molecular flexibility index (Phi) is 5.47. The highest BCUT2D eigenvalue weighted by atomic mass is 32.2. The molecule has 0 N–H and O–H groups in total. The van der Waals surface area contributed by atoms with Gasteiger partial charge >= 0.3 is 0 Å². The van der Waals surface area contributed by atoms with Crippen LogP contribution in [0.25, 0.3) is 10.9 Å². The molecule has 2 aliphatic rings. The Labute approximate surface area is 211 Å². The van der Waals surface area contributed by atoms with E-state index in [2.05, 4.69) is 9.88 Å². The molecule has 1 amide bonds. The monoisotopic (exact) mass is 496 g/mol. The molecule has 35 heavy (non-hydrogen) atoms. The van der Waals surface area contributed by atoms with Crippen LogP contribution in [0.4, 0.5) is 17.1 Å². The van der Waals surface area contributed by atoms with E-state index in [0.717, 1.165) is 43.6 Å². The number of benzene rings is 3. The summed E-state index contributed by atoms with van der Waals surface area (Å²) in [7, 11) is 3.63. The molecule has 1 aromatic heterocycles. The van der Waals surface area contributed by atoms with Crippen molar-refractivity contribution in [2.75, 3.05) is 24.0 Å². The number of hydrogen-bond acceptors (Lipinski definition) is 7. The Bertz CT molecular complexity index is 1530. The molecule has 0 aliphatic carbocycles. The van der Waals surface area contributed by atoms with Gasteiger partial charge in [0.15, 0.2) is 5.17 Å². The molecule has 4 aromatic rings. The summed E-state index contributed by atoms with van der Waals surface area (Å²) in [5.74, 6) is 0.693. The second kappa shape index (κ2) is 8.79. The van der Waals surface area contributed by atoms with Gasteiger partial charge in [0.05, 0.1) is 34.7 Å². The van der Waals surface area contributed by atoms with Crippen molar-refractivity contribution in [1.29, 1.82) is 0 Å². The van der Waals surface area contributed by atoms with E-state index in [9.17, 15) is 4.79 Å². The number of aromatic nitrogens is 1. The highest BCUT2D eigenvalue weighted by Gasteiger charge is 2.40. The van der Waals surface area contributed by atoms with E-state index in [4.69, 9.17) is 9.73 Å². The van der Waals surface area contributed by atoms with Crippen molar-refractivity contribution in [1.82, 2.24) is 4.98 Å². The number of aliphatic imine (C=N–C) groups is 1. The van der Waals surface area contributed by atoms with Crippen molar-refractivity contribution >= 4 is 62.6 Å². The van der Waals surface area contributed by atoms with E-state index in [0.29, 0.717) is 10.1 Å². The number of amidine groups is 1. The fourth-order valence-electron chi connectivity index (χ4n) is 4.12. The Balaban J connectivity index is 1.48. The highest BCUT2D eigenvalue weighted by molar-refractivity contribution is 8.20. The number of anilines is 2. The number of hydrogen-bond donors (Lipinski definition) is 0. The fraction of sp³-hybridized carbons (Fsp3) is 0.0741. The first-order valence-corrected chi connectivity index (χ1v) is 12.6. The summed E-state index contributed by atoms with van der Waals surface area (Å²) in [5, 5.41) is 2.44. The fourth-order valence-corrected chi connectivity index (χ4v) is 6.44. The summed E-state index contributed by atoms with van der Waals surface area (Å²) >= 11 is 2.99. The van der Waals surface area contributed by atoms with Gasteiger partial charge < -0.3 is 9.64 Å². The molecule has 0 saturated carbocycles. The molecule has 1 saturated heterocycles. The van der Waals surface area contributed by atoms with Crippen LogP contribution >= 0.6 is 23.5 Å². The van der Waals surface area contributed by atoms with E-state index in [1.165, 1.54) is 11.8 Å². The third-order valence-corrected chi connectivity index (χ3v) is 8.26. The summed E-state index contributed by atoms with van der Waals surface area (Å²) in [5.41, 5.74) is 3.44. The van der Waals surface area contributed by atoms with Crippen LogP contribution in [0.2, 0.25) is 0 Å². The van der Waals surface area contributed by atoms with Crippen molar-refractivity contribution in [3.63, 3.8) is 0 Å². The predicted octanol–water partition coefficient (Wildman–Crippen LogP) is 6.42. The maximum absolute atomic E-state index is 13.9. The van der Waals surface area contributed by atoms with Crippen molar-refractivity contribution in [3.8, 4) is 5.75 Å². The van der Waals surface area contributed by atoms with Crippen LogP contribution in [-0.4, -0.2) is 30.2 Å². The molecule has 0 atom stereocenters. The summed E-state index contributed by atoms with van der Waals surface area (Å²) in [6.45, 7) is 0. The number of amides is 1. The normalized spacial score (nSPS) is 18.6. The minimum absolute atomic E-state index is 0.0903. The molecule has 172 valence electrons. The van der Waals surface area contributed by atoms with Gasteiger partial charge in [0, 0.05) is 29.6 Å². The average Bonchev–Trinajstić information content (AvgIpc) is 3.40. The van der Waals surface area contributed by atoms with Crippen LogP contribution in [0.5, 0.6) is 5.75 Å². The van der Waals surface area contributed by atoms with Crippen molar-refractivity contribution in [2.24, 2.45) is 4.99 Å². The number of para-hydroxylation sites is 1. The molecule has 0 unspecified atom stereocenters. The maximum atomic E-state index is 13.9. The van der Waals surface area contributed by atoms with Gasteiger partial charge in [-0.25, -0.2) is 4.99 Å². The molecular weight excluding hydrogens is 476 g/mol. The van der Waals surface area contributed by atoms with Gasteiger partial charge in [-0.2, -0.15) is 0 Å². The first kappa shape index (κ1) is 21.8. The highest BCUT2D eigenvalue weighted by Crippen LogP contribution is 2.51. The van der Waals surface area contributed by atoms with Gasteiger partial charge in [0.2, 0.25) is 0 Å². The average molecular weight is 497 g/mol. The van der Waals surface area contributed by atoms with Crippen molar-refractivity contribution < 1.29 is 9.53 Å². The van der Waals surface area contributed by atoms with Crippen LogP contribution in [0, 0.1) is 0 Å². The van der Waals surface area contributed by atoms with Gasteiger partial charge in [0.25, 0.3) is 5.91 Å². The molecule has 0 radical (unpaired) electrons. The Morgan fingerprint density at radius 3 is 2.63 bits per heavy atom. The number of nitrogens with zero attached hydrogens (tertiary/aromatic N) is 4. The van der Waals surface area contributed by atoms with Gasteiger partial charge in [-0.05, 0) is 60.3 Å². The van der Waals surface area contributed by atoms with Crippen LogP contribution in [-0.2, 0) is 4.79 Å². The zero-order valence-electron chi connectivity index (χ0n) is 19.0. The van der Waals surface area contributed by atoms with Crippen molar-refractivity contribution in [2.45, 2.75) is 4.90 Å². The zero-order valence-corrected chi connectivity index (χ0v) is 20.6. The second-order valence-corrected chi connectivity index (χ2v) is 9.96. The third kappa shape index (κ3) is 3.75. The third-order valence-electron chi connectivity index (χ3n) is 5.87. The summed E-state index contributed by atoms with van der Waals surface area (Å²) < 4.78 is 5.41. The molecule has 3 heterocycles.